The van der Waals surface area contributed by atoms with E-state index >= 15 is 0 Å². The van der Waals surface area contributed by atoms with Crippen molar-refractivity contribution < 1.29 is 9.13 Å². The molecule has 0 aliphatic heterocycles. The molecule has 2 rings (SSSR count). The second-order valence-electron chi connectivity index (χ2n) is 5.83. The molecule has 0 radical (unpaired) electrons. The van der Waals surface area contributed by atoms with Crippen LogP contribution in [0.25, 0.3) is 0 Å². The Labute approximate surface area is 126 Å². The summed E-state index contributed by atoms with van der Waals surface area (Å²) in [6.07, 6.45) is 4.66. The van der Waals surface area contributed by atoms with Crippen LogP contribution in [0.5, 0.6) is 5.75 Å². The van der Waals surface area contributed by atoms with Crippen molar-refractivity contribution in [2.24, 2.45) is 0 Å². The van der Waals surface area contributed by atoms with Crippen molar-refractivity contribution in [3.63, 3.8) is 0 Å². The summed E-state index contributed by atoms with van der Waals surface area (Å²) in [5, 5.41) is 12.9. The summed E-state index contributed by atoms with van der Waals surface area (Å²) >= 11 is 0. The average molecular weight is 290 g/mol. The molecule has 114 valence electrons. The molecule has 21 heavy (non-hydrogen) atoms. The molecule has 0 aromatic heterocycles. The van der Waals surface area contributed by atoms with Crippen LogP contribution in [-0.2, 0) is 0 Å². The van der Waals surface area contributed by atoms with E-state index in [1.54, 1.807) is 6.07 Å². The molecule has 3 nitrogen and oxygen atoms in total. The molecule has 1 atom stereocenters. The topological polar surface area (TPSA) is 45.0 Å². The van der Waals surface area contributed by atoms with Gasteiger partial charge in [0.25, 0.3) is 0 Å². The molecular formula is C17H23FN2O. The number of hydrogen-bond donors (Lipinski definition) is 1. The summed E-state index contributed by atoms with van der Waals surface area (Å²) in [4.78, 5) is 0. The second kappa shape index (κ2) is 6.91. The van der Waals surface area contributed by atoms with Gasteiger partial charge < -0.3 is 4.74 Å². The number of ether oxygens (including phenoxy) is 1. The van der Waals surface area contributed by atoms with Gasteiger partial charge in [0.15, 0.2) is 0 Å². The van der Waals surface area contributed by atoms with Crippen molar-refractivity contribution in [2.75, 3.05) is 6.61 Å². The fourth-order valence-corrected chi connectivity index (χ4v) is 2.42. The number of halogens is 1. The first-order chi connectivity index (χ1) is 10.1. The Kier molecular flexibility index (Phi) is 5.19. The third-order valence-corrected chi connectivity index (χ3v) is 4.03. The SMILES string of the molecule is CCC(C#N)(CCCOc1cc(F)ccc1C)NC1CC1. The molecular weight excluding hydrogens is 267 g/mol. The zero-order valence-corrected chi connectivity index (χ0v) is 12.8. The van der Waals surface area contributed by atoms with Gasteiger partial charge in [0, 0.05) is 12.1 Å². The summed E-state index contributed by atoms with van der Waals surface area (Å²) < 4.78 is 18.8. The van der Waals surface area contributed by atoms with Crippen LogP contribution in [0.1, 0.15) is 44.6 Å². The number of hydrogen-bond acceptors (Lipinski definition) is 3. The van der Waals surface area contributed by atoms with Crippen LogP contribution < -0.4 is 10.1 Å². The van der Waals surface area contributed by atoms with Gasteiger partial charge in [0.05, 0.1) is 12.7 Å². The lowest BCUT2D eigenvalue weighted by Crippen LogP contribution is -2.44. The van der Waals surface area contributed by atoms with Crippen molar-refractivity contribution in [3.05, 3.63) is 29.6 Å². The molecule has 1 N–H and O–H groups in total. The summed E-state index contributed by atoms with van der Waals surface area (Å²) in [6.45, 7) is 4.44. The summed E-state index contributed by atoms with van der Waals surface area (Å²) in [5.74, 6) is 0.301. The van der Waals surface area contributed by atoms with Gasteiger partial charge >= 0.3 is 0 Å². The van der Waals surface area contributed by atoms with E-state index < -0.39 is 5.54 Å². The number of benzene rings is 1. The number of nitrogens with one attached hydrogen (secondary N) is 1. The molecule has 0 saturated heterocycles. The molecule has 1 aliphatic carbocycles. The third kappa shape index (κ3) is 4.44. The molecule has 1 aliphatic rings. The molecule has 0 bridgehead atoms. The van der Waals surface area contributed by atoms with Crippen molar-refractivity contribution >= 4 is 0 Å². The lowest BCUT2D eigenvalue weighted by atomic mass is 9.92. The van der Waals surface area contributed by atoms with E-state index in [2.05, 4.69) is 11.4 Å². The normalized spacial score (nSPS) is 17.0. The molecule has 0 heterocycles. The fourth-order valence-electron chi connectivity index (χ4n) is 2.42. The molecule has 1 saturated carbocycles. The molecule has 0 amide bonds. The van der Waals surface area contributed by atoms with E-state index in [0.717, 1.165) is 24.8 Å². The highest BCUT2D eigenvalue weighted by molar-refractivity contribution is 5.32. The quantitative estimate of drug-likeness (QED) is 0.742. The van der Waals surface area contributed by atoms with Crippen LogP contribution in [-0.4, -0.2) is 18.2 Å². The Morgan fingerprint density at radius 2 is 2.24 bits per heavy atom. The monoisotopic (exact) mass is 290 g/mol. The third-order valence-electron chi connectivity index (χ3n) is 4.03. The Morgan fingerprint density at radius 3 is 2.86 bits per heavy atom. The molecule has 1 aromatic carbocycles. The average Bonchev–Trinajstić information content (AvgIpc) is 3.29. The Balaban J connectivity index is 1.82. The molecule has 1 unspecified atom stereocenters. The Bertz CT molecular complexity index is 522. The predicted molar refractivity (Wildman–Crippen MR) is 80.7 cm³/mol. The summed E-state index contributed by atoms with van der Waals surface area (Å²) in [7, 11) is 0. The summed E-state index contributed by atoms with van der Waals surface area (Å²) in [5.41, 5.74) is 0.483. The molecule has 1 fully saturated rings. The van der Waals surface area contributed by atoms with E-state index in [4.69, 9.17) is 4.74 Å². The summed E-state index contributed by atoms with van der Waals surface area (Å²) in [6, 6.07) is 7.49. The first-order valence-electron chi connectivity index (χ1n) is 7.66. The van der Waals surface area contributed by atoms with E-state index in [-0.39, 0.29) is 5.82 Å². The molecule has 0 spiro atoms. The molecule has 1 aromatic rings. The van der Waals surface area contributed by atoms with Crippen LogP contribution in [0, 0.1) is 24.1 Å². The van der Waals surface area contributed by atoms with Crippen molar-refractivity contribution in [2.45, 2.75) is 57.5 Å². The highest BCUT2D eigenvalue weighted by Crippen LogP contribution is 2.27. The zero-order valence-electron chi connectivity index (χ0n) is 12.8. The highest BCUT2D eigenvalue weighted by atomic mass is 19.1. The Morgan fingerprint density at radius 1 is 1.48 bits per heavy atom. The van der Waals surface area contributed by atoms with Crippen LogP contribution >= 0.6 is 0 Å². The lowest BCUT2D eigenvalue weighted by Gasteiger charge is -2.26. The van der Waals surface area contributed by atoms with Crippen LogP contribution in [0.4, 0.5) is 4.39 Å². The van der Waals surface area contributed by atoms with E-state index in [1.165, 1.54) is 25.0 Å². The van der Waals surface area contributed by atoms with Gasteiger partial charge in [-0.3, -0.25) is 5.32 Å². The standard InChI is InChI=1S/C17H23FN2O/c1-3-17(12-19,20-15-7-8-15)9-4-10-21-16-11-14(18)6-5-13(16)2/h5-6,11,15,20H,3-4,7-10H2,1-2H3. The maximum absolute atomic E-state index is 13.2. The first kappa shape index (κ1) is 15.8. The predicted octanol–water partition coefficient (Wildman–Crippen LogP) is 3.72. The van der Waals surface area contributed by atoms with Crippen LogP contribution in [0.15, 0.2) is 18.2 Å². The maximum atomic E-state index is 13.2. The van der Waals surface area contributed by atoms with E-state index in [1.807, 2.05) is 13.8 Å². The van der Waals surface area contributed by atoms with Gasteiger partial charge in [0.1, 0.15) is 17.1 Å². The number of rotatable bonds is 8. The first-order valence-corrected chi connectivity index (χ1v) is 7.66. The number of aryl methyl sites for hydroxylation is 1. The minimum Gasteiger partial charge on any atom is -0.493 e. The maximum Gasteiger partial charge on any atom is 0.126 e. The van der Waals surface area contributed by atoms with Gasteiger partial charge in [-0.1, -0.05) is 13.0 Å². The van der Waals surface area contributed by atoms with Crippen molar-refractivity contribution in [1.82, 2.24) is 5.32 Å². The van der Waals surface area contributed by atoms with Crippen LogP contribution in [0.3, 0.4) is 0 Å². The van der Waals surface area contributed by atoms with Gasteiger partial charge in [-0.25, -0.2) is 4.39 Å². The number of nitriles is 1. The van der Waals surface area contributed by atoms with E-state index in [9.17, 15) is 9.65 Å². The van der Waals surface area contributed by atoms with E-state index in [0.29, 0.717) is 18.4 Å². The zero-order chi connectivity index (χ0) is 15.3. The minimum absolute atomic E-state index is 0.286. The number of nitrogens with zero attached hydrogens (tertiary/aromatic N) is 1. The largest absolute Gasteiger partial charge is 0.493 e. The fraction of sp³-hybridized carbons (Fsp3) is 0.588. The lowest BCUT2D eigenvalue weighted by molar-refractivity contribution is 0.273. The van der Waals surface area contributed by atoms with Gasteiger partial charge in [-0.2, -0.15) is 5.26 Å². The minimum atomic E-state index is -0.443. The van der Waals surface area contributed by atoms with Crippen molar-refractivity contribution in [3.8, 4) is 11.8 Å². The Hall–Kier alpha value is -1.60. The van der Waals surface area contributed by atoms with Crippen molar-refractivity contribution in [1.29, 1.82) is 5.26 Å². The smallest absolute Gasteiger partial charge is 0.126 e. The van der Waals surface area contributed by atoms with Crippen LogP contribution in [0.2, 0.25) is 0 Å². The second-order valence-corrected chi connectivity index (χ2v) is 5.83. The van der Waals surface area contributed by atoms with Gasteiger partial charge in [-0.05, 0) is 50.7 Å². The van der Waals surface area contributed by atoms with Gasteiger partial charge in [-0.15, -0.1) is 0 Å². The van der Waals surface area contributed by atoms with Gasteiger partial charge in [0.2, 0.25) is 0 Å². The molecule has 4 heteroatoms. The highest BCUT2D eigenvalue weighted by Gasteiger charge is 2.34.